The normalized spacial score (nSPS) is 10.6. The molecular formula is C33H33N3O3. The van der Waals surface area contributed by atoms with Crippen LogP contribution in [0.25, 0.3) is 0 Å². The van der Waals surface area contributed by atoms with E-state index in [1.165, 1.54) is 18.2 Å². The maximum Gasteiger partial charge on any atom is 0.255 e. The summed E-state index contributed by atoms with van der Waals surface area (Å²) in [5, 5.41) is 8.70. The van der Waals surface area contributed by atoms with Crippen LogP contribution in [-0.4, -0.2) is 17.7 Å². The van der Waals surface area contributed by atoms with Gasteiger partial charge in [0.2, 0.25) is 0 Å². The SMILES string of the molecule is Cc1cc(C)cc(NC(=O)c2cc(C(=O)Nc3cc(C)cc(C)c3)cc(C(=O)Nc3cc(C)cc(C)c3)c2)c1. The van der Waals surface area contributed by atoms with Crippen LogP contribution in [0.1, 0.15) is 64.5 Å². The average molecular weight is 520 g/mol. The van der Waals surface area contributed by atoms with Gasteiger partial charge in [0, 0.05) is 33.8 Å². The van der Waals surface area contributed by atoms with E-state index in [-0.39, 0.29) is 16.7 Å². The Kier molecular flexibility index (Phi) is 7.96. The number of hydrogen-bond acceptors (Lipinski definition) is 3. The predicted molar refractivity (Wildman–Crippen MR) is 158 cm³/mol. The Labute approximate surface area is 229 Å². The Morgan fingerprint density at radius 3 is 0.769 bits per heavy atom. The molecule has 39 heavy (non-hydrogen) atoms. The molecule has 0 aromatic heterocycles. The lowest BCUT2D eigenvalue weighted by molar-refractivity contribution is 0.102. The number of amides is 3. The van der Waals surface area contributed by atoms with Gasteiger partial charge in [0.1, 0.15) is 0 Å². The molecule has 0 heterocycles. The first kappa shape index (κ1) is 27.3. The van der Waals surface area contributed by atoms with Crippen LogP contribution in [0.3, 0.4) is 0 Å². The van der Waals surface area contributed by atoms with E-state index < -0.39 is 17.7 Å². The third-order valence-electron chi connectivity index (χ3n) is 6.16. The summed E-state index contributed by atoms with van der Waals surface area (Å²) in [7, 11) is 0. The van der Waals surface area contributed by atoms with Gasteiger partial charge >= 0.3 is 0 Å². The van der Waals surface area contributed by atoms with Gasteiger partial charge in [-0.3, -0.25) is 14.4 Å². The van der Waals surface area contributed by atoms with Gasteiger partial charge in [-0.25, -0.2) is 0 Å². The Morgan fingerprint density at radius 1 is 0.359 bits per heavy atom. The Bertz CT molecular complexity index is 1340. The summed E-state index contributed by atoms with van der Waals surface area (Å²) in [5.74, 6) is -1.25. The number of aryl methyl sites for hydroxylation is 6. The molecule has 0 saturated heterocycles. The maximum atomic E-state index is 13.3. The van der Waals surface area contributed by atoms with E-state index in [2.05, 4.69) is 16.0 Å². The van der Waals surface area contributed by atoms with Crippen molar-refractivity contribution in [2.45, 2.75) is 41.5 Å². The van der Waals surface area contributed by atoms with Crippen LogP contribution < -0.4 is 16.0 Å². The van der Waals surface area contributed by atoms with Crippen molar-refractivity contribution in [1.29, 1.82) is 0 Å². The van der Waals surface area contributed by atoms with Crippen molar-refractivity contribution in [1.82, 2.24) is 0 Å². The quantitative estimate of drug-likeness (QED) is 0.250. The van der Waals surface area contributed by atoms with Crippen molar-refractivity contribution in [3.8, 4) is 0 Å². The molecule has 0 aliphatic rings. The fourth-order valence-corrected chi connectivity index (χ4v) is 4.77. The van der Waals surface area contributed by atoms with Crippen molar-refractivity contribution in [2.24, 2.45) is 0 Å². The van der Waals surface area contributed by atoms with Gasteiger partial charge in [0.05, 0.1) is 0 Å². The number of nitrogens with one attached hydrogen (secondary N) is 3. The van der Waals surface area contributed by atoms with Crippen LogP contribution in [0.4, 0.5) is 17.1 Å². The molecule has 0 unspecified atom stereocenters. The van der Waals surface area contributed by atoms with Crippen LogP contribution in [0.2, 0.25) is 0 Å². The zero-order valence-corrected chi connectivity index (χ0v) is 23.2. The van der Waals surface area contributed by atoms with Gasteiger partial charge in [0.25, 0.3) is 17.7 Å². The van der Waals surface area contributed by atoms with Gasteiger partial charge in [0.15, 0.2) is 0 Å². The van der Waals surface area contributed by atoms with E-state index in [0.29, 0.717) is 17.1 Å². The summed E-state index contributed by atoms with van der Waals surface area (Å²) in [6, 6.07) is 21.8. The minimum atomic E-state index is -0.415. The number of benzene rings is 4. The van der Waals surface area contributed by atoms with Crippen LogP contribution >= 0.6 is 0 Å². The highest BCUT2D eigenvalue weighted by Gasteiger charge is 2.18. The molecule has 3 N–H and O–H groups in total. The molecule has 0 spiro atoms. The molecule has 0 aliphatic heterocycles. The van der Waals surface area contributed by atoms with E-state index in [4.69, 9.17) is 0 Å². The molecule has 4 aromatic carbocycles. The highest BCUT2D eigenvalue weighted by Crippen LogP contribution is 2.21. The van der Waals surface area contributed by atoms with E-state index in [0.717, 1.165) is 33.4 Å². The maximum absolute atomic E-state index is 13.3. The van der Waals surface area contributed by atoms with E-state index >= 15 is 0 Å². The minimum absolute atomic E-state index is 0.202. The molecule has 6 heteroatoms. The molecule has 4 aromatic rings. The number of rotatable bonds is 6. The first-order valence-corrected chi connectivity index (χ1v) is 12.8. The lowest BCUT2D eigenvalue weighted by Crippen LogP contribution is -2.19. The molecule has 3 amide bonds. The molecular weight excluding hydrogens is 486 g/mol. The zero-order chi connectivity index (χ0) is 28.3. The van der Waals surface area contributed by atoms with Crippen LogP contribution in [0, 0.1) is 41.5 Å². The largest absolute Gasteiger partial charge is 0.322 e. The topological polar surface area (TPSA) is 87.3 Å². The molecule has 6 nitrogen and oxygen atoms in total. The smallest absolute Gasteiger partial charge is 0.255 e. The highest BCUT2D eigenvalue weighted by atomic mass is 16.2. The highest BCUT2D eigenvalue weighted by molar-refractivity contribution is 6.13. The summed E-state index contributed by atoms with van der Waals surface area (Å²) in [4.78, 5) is 39.9. The molecule has 0 atom stereocenters. The van der Waals surface area contributed by atoms with E-state index in [1.54, 1.807) is 0 Å². The Morgan fingerprint density at radius 2 is 0.564 bits per heavy atom. The third kappa shape index (κ3) is 7.20. The molecule has 4 rings (SSSR count). The van der Waals surface area contributed by atoms with Gasteiger partial charge in [-0.15, -0.1) is 0 Å². The molecule has 0 aliphatic carbocycles. The number of anilines is 3. The average Bonchev–Trinajstić information content (AvgIpc) is 2.81. The van der Waals surface area contributed by atoms with Gasteiger partial charge < -0.3 is 16.0 Å². The molecule has 0 radical (unpaired) electrons. The summed E-state index contributed by atoms with van der Waals surface area (Å²) in [5.41, 5.74) is 8.62. The summed E-state index contributed by atoms with van der Waals surface area (Å²) in [6.45, 7) is 11.7. The van der Waals surface area contributed by atoms with Crippen LogP contribution in [-0.2, 0) is 0 Å². The third-order valence-corrected chi connectivity index (χ3v) is 6.16. The second-order valence-corrected chi connectivity index (χ2v) is 10.3. The number of carbonyl (C=O) groups excluding carboxylic acids is 3. The van der Waals surface area contributed by atoms with Crippen molar-refractivity contribution in [2.75, 3.05) is 16.0 Å². The number of hydrogen-bond donors (Lipinski definition) is 3. The zero-order valence-electron chi connectivity index (χ0n) is 23.2. The standard InChI is InChI=1S/C33H33N3O3/c1-19-7-20(2)11-28(10-19)34-31(37)25-16-26(32(38)35-29-12-21(3)8-22(4)13-29)18-27(17-25)33(39)36-30-14-23(5)9-24(6)15-30/h7-18H,1-6H3,(H,34,37)(H,35,38)(H,36,39). The predicted octanol–water partition coefficient (Wildman–Crippen LogP) is 7.29. The Balaban J connectivity index is 1.69. The molecule has 0 fully saturated rings. The summed E-state index contributed by atoms with van der Waals surface area (Å²) < 4.78 is 0. The molecule has 198 valence electrons. The van der Waals surface area contributed by atoms with Crippen molar-refractivity contribution >= 4 is 34.8 Å². The second-order valence-electron chi connectivity index (χ2n) is 10.3. The molecule has 0 saturated carbocycles. The second kappa shape index (κ2) is 11.4. The molecule has 0 bridgehead atoms. The van der Waals surface area contributed by atoms with Crippen LogP contribution in [0.15, 0.2) is 72.8 Å². The first-order valence-electron chi connectivity index (χ1n) is 12.8. The van der Waals surface area contributed by atoms with E-state index in [1.807, 2.05) is 96.1 Å². The van der Waals surface area contributed by atoms with Crippen LogP contribution in [0.5, 0.6) is 0 Å². The fraction of sp³-hybridized carbons (Fsp3) is 0.182. The minimum Gasteiger partial charge on any atom is -0.322 e. The van der Waals surface area contributed by atoms with E-state index in [9.17, 15) is 14.4 Å². The van der Waals surface area contributed by atoms with Gasteiger partial charge in [-0.2, -0.15) is 0 Å². The summed E-state index contributed by atoms with van der Waals surface area (Å²) in [6.07, 6.45) is 0. The van der Waals surface area contributed by atoms with Gasteiger partial charge in [-0.1, -0.05) is 18.2 Å². The van der Waals surface area contributed by atoms with Crippen molar-refractivity contribution in [3.63, 3.8) is 0 Å². The lowest BCUT2D eigenvalue weighted by atomic mass is 10.0. The monoisotopic (exact) mass is 519 g/mol. The van der Waals surface area contributed by atoms with Crippen molar-refractivity contribution in [3.05, 3.63) is 123 Å². The number of carbonyl (C=O) groups is 3. The fourth-order valence-electron chi connectivity index (χ4n) is 4.77. The van der Waals surface area contributed by atoms with Gasteiger partial charge in [-0.05, 0) is 130 Å². The summed E-state index contributed by atoms with van der Waals surface area (Å²) >= 11 is 0. The first-order chi connectivity index (χ1) is 18.4. The van der Waals surface area contributed by atoms with Crippen molar-refractivity contribution < 1.29 is 14.4 Å². The Hall–Kier alpha value is -4.71. The lowest BCUT2D eigenvalue weighted by Gasteiger charge is -2.13.